The van der Waals surface area contributed by atoms with Gasteiger partial charge in [0.1, 0.15) is 0 Å². The van der Waals surface area contributed by atoms with Crippen LogP contribution in [0.5, 0.6) is 0 Å². The number of benzene rings is 2. The summed E-state index contributed by atoms with van der Waals surface area (Å²) in [6.45, 7) is 0.357. The number of carbonyl (C=O) groups is 1. The Kier molecular flexibility index (Phi) is 3.62. The summed E-state index contributed by atoms with van der Waals surface area (Å²) in [6, 6.07) is 12.5. The molecule has 0 bridgehead atoms. The molecule has 1 amide bonds. The summed E-state index contributed by atoms with van der Waals surface area (Å²) in [5.41, 5.74) is 2.56. The molecule has 1 aromatic heterocycles. The summed E-state index contributed by atoms with van der Waals surface area (Å²) in [6.07, 6.45) is 0. The maximum atomic E-state index is 12.0. The van der Waals surface area contributed by atoms with Gasteiger partial charge in [0, 0.05) is 16.6 Å². The Hall–Kier alpha value is -2.34. The van der Waals surface area contributed by atoms with Gasteiger partial charge < -0.3 is 9.73 Å². The van der Waals surface area contributed by atoms with Gasteiger partial charge in [0.05, 0.1) is 5.52 Å². The minimum atomic E-state index is -0.486. The van der Waals surface area contributed by atoms with Gasteiger partial charge in [0.25, 0.3) is 5.91 Å². The third-order valence-electron chi connectivity index (χ3n) is 3.03. The van der Waals surface area contributed by atoms with E-state index in [1.807, 2.05) is 12.1 Å². The third-order valence-corrected chi connectivity index (χ3v) is 3.52. The number of rotatable bonds is 3. The molecule has 0 radical (unpaired) electrons. The molecule has 6 heteroatoms. The van der Waals surface area contributed by atoms with Gasteiger partial charge in [-0.3, -0.25) is 9.78 Å². The van der Waals surface area contributed by atoms with Gasteiger partial charge in [-0.1, -0.05) is 28.1 Å². The number of carbonyl (C=O) groups excluding carboxylic acids is 1. The Morgan fingerprint density at radius 2 is 2.10 bits per heavy atom. The molecule has 1 heterocycles. The summed E-state index contributed by atoms with van der Waals surface area (Å²) in [4.78, 5) is 25.7. The molecule has 21 heavy (non-hydrogen) atoms. The first kappa shape index (κ1) is 13.6. The van der Waals surface area contributed by atoms with Crippen LogP contribution in [0.3, 0.4) is 0 Å². The van der Waals surface area contributed by atoms with E-state index in [4.69, 9.17) is 4.42 Å². The molecule has 2 N–H and O–H groups in total. The van der Waals surface area contributed by atoms with Crippen LogP contribution in [-0.4, -0.2) is 10.9 Å². The number of H-pyrrole nitrogens is 1. The highest BCUT2D eigenvalue weighted by Crippen LogP contribution is 2.13. The van der Waals surface area contributed by atoms with E-state index >= 15 is 0 Å². The SMILES string of the molecule is O=C(NCc1ccc2[nH]c(=O)oc2c1)c1cccc(Br)c1. The second-order valence-electron chi connectivity index (χ2n) is 4.54. The summed E-state index contributed by atoms with van der Waals surface area (Å²) in [5, 5.41) is 2.82. The van der Waals surface area contributed by atoms with Crippen LogP contribution >= 0.6 is 15.9 Å². The van der Waals surface area contributed by atoms with Crippen LogP contribution in [0.25, 0.3) is 11.1 Å². The van der Waals surface area contributed by atoms with Crippen LogP contribution in [0.1, 0.15) is 15.9 Å². The van der Waals surface area contributed by atoms with Crippen LogP contribution in [0.2, 0.25) is 0 Å². The van der Waals surface area contributed by atoms with E-state index in [9.17, 15) is 9.59 Å². The van der Waals surface area contributed by atoms with Crippen molar-refractivity contribution >= 4 is 32.9 Å². The first-order valence-electron chi connectivity index (χ1n) is 6.27. The monoisotopic (exact) mass is 346 g/mol. The Morgan fingerprint density at radius 1 is 1.24 bits per heavy atom. The molecule has 0 spiro atoms. The number of halogens is 1. The molecule has 3 aromatic rings. The molecular weight excluding hydrogens is 336 g/mol. The quantitative estimate of drug-likeness (QED) is 0.765. The van der Waals surface area contributed by atoms with E-state index in [0.717, 1.165) is 10.0 Å². The average Bonchev–Trinajstić information content (AvgIpc) is 2.84. The van der Waals surface area contributed by atoms with Crippen LogP contribution in [0, 0.1) is 0 Å². The van der Waals surface area contributed by atoms with Crippen LogP contribution in [0.4, 0.5) is 0 Å². The Labute approximate surface area is 128 Å². The first-order chi connectivity index (χ1) is 10.1. The first-order valence-corrected chi connectivity index (χ1v) is 7.06. The Morgan fingerprint density at radius 3 is 2.90 bits per heavy atom. The van der Waals surface area contributed by atoms with E-state index in [1.54, 1.807) is 30.3 Å². The van der Waals surface area contributed by atoms with Gasteiger partial charge >= 0.3 is 5.76 Å². The lowest BCUT2D eigenvalue weighted by Crippen LogP contribution is -2.22. The topological polar surface area (TPSA) is 75.1 Å². The summed E-state index contributed by atoms with van der Waals surface area (Å²) >= 11 is 3.33. The minimum Gasteiger partial charge on any atom is -0.408 e. The molecule has 0 aliphatic heterocycles. The van der Waals surface area contributed by atoms with Gasteiger partial charge in [0.15, 0.2) is 5.58 Å². The summed E-state index contributed by atoms with van der Waals surface area (Å²) < 4.78 is 5.84. The largest absolute Gasteiger partial charge is 0.417 e. The molecule has 5 nitrogen and oxygen atoms in total. The average molecular weight is 347 g/mol. The zero-order chi connectivity index (χ0) is 14.8. The number of aromatic amines is 1. The van der Waals surface area contributed by atoms with E-state index in [2.05, 4.69) is 26.2 Å². The van der Waals surface area contributed by atoms with Crippen molar-refractivity contribution in [2.75, 3.05) is 0 Å². The molecule has 0 aliphatic carbocycles. The van der Waals surface area contributed by atoms with Crippen LogP contribution < -0.4 is 11.1 Å². The van der Waals surface area contributed by atoms with Crippen LogP contribution in [0.15, 0.2) is 56.1 Å². The highest BCUT2D eigenvalue weighted by molar-refractivity contribution is 9.10. The standard InChI is InChI=1S/C15H11BrN2O3/c16-11-3-1-2-10(7-11)14(19)17-8-9-4-5-12-13(6-9)21-15(20)18-12/h1-7H,8H2,(H,17,19)(H,18,20). The van der Waals surface area contributed by atoms with Gasteiger partial charge in [-0.15, -0.1) is 0 Å². The molecule has 0 aliphatic rings. The summed E-state index contributed by atoms with van der Waals surface area (Å²) in [5.74, 6) is -0.646. The van der Waals surface area contributed by atoms with E-state index < -0.39 is 5.76 Å². The summed E-state index contributed by atoms with van der Waals surface area (Å²) in [7, 11) is 0. The highest BCUT2D eigenvalue weighted by atomic mass is 79.9. The van der Waals surface area contributed by atoms with Crippen molar-refractivity contribution < 1.29 is 9.21 Å². The number of oxazole rings is 1. The normalized spacial score (nSPS) is 10.7. The lowest BCUT2D eigenvalue weighted by molar-refractivity contribution is 0.0951. The molecule has 2 aromatic carbocycles. The smallest absolute Gasteiger partial charge is 0.408 e. The van der Waals surface area contributed by atoms with Crippen molar-refractivity contribution in [1.29, 1.82) is 0 Å². The van der Waals surface area contributed by atoms with Crippen molar-refractivity contribution in [1.82, 2.24) is 10.3 Å². The molecular formula is C15H11BrN2O3. The van der Waals surface area contributed by atoms with Gasteiger partial charge in [-0.25, -0.2) is 4.79 Å². The van der Waals surface area contributed by atoms with Crippen molar-refractivity contribution in [3.05, 3.63) is 68.6 Å². The molecule has 0 saturated heterocycles. The molecule has 0 saturated carbocycles. The molecule has 0 atom stereocenters. The minimum absolute atomic E-state index is 0.160. The fraction of sp³-hybridized carbons (Fsp3) is 0.0667. The van der Waals surface area contributed by atoms with Crippen molar-refractivity contribution in [2.45, 2.75) is 6.54 Å². The number of hydrogen-bond donors (Lipinski definition) is 2. The predicted octanol–water partition coefficient (Wildman–Crippen LogP) is 2.81. The number of nitrogens with one attached hydrogen (secondary N) is 2. The number of amides is 1. The van der Waals surface area contributed by atoms with Crippen molar-refractivity contribution in [3.63, 3.8) is 0 Å². The van der Waals surface area contributed by atoms with Gasteiger partial charge in [-0.2, -0.15) is 0 Å². The van der Waals surface area contributed by atoms with Crippen LogP contribution in [-0.2, 0) is 6.54 Å². The van der Waals surface area contributed by atoms with E-state index in [1.165, 1.54) is 0 Å². The fourth-order valence-electron chi connectivity index (χ4n) is 2.01. The van der Waals surface area contributed by atoms with E-state index in [0.29, 0.717) is 23.2 Å². The lowest BCUT2D eigenvalue weighted by atomic mass is 10.2. The van der Waals surface area contributed by atoms with Gasteiger partial charge in [-0.05, 0) is 35.9 Å². The zero-order valence-corrected chi connectivity index (χ0v) is 12.4. The predicted molar refractivity (Wildman–Crippen MR) is 82.1 cm³/mol. The van der Waals surface area contributed by atoms with Gasteiger partial charge in [0.2, 0.25) is 0 Å². The number of aromatic nitrogens is 1. The Bertz CT molecular complexity index is 866. The lowest BCUT2D eigenvalue weighted by Gasteiger charge is -2.05. The molecule has 0 fully saturated rings. The fourth-order valence-corrected chi connectivity index (χ4v) is 2.41. The second-order valence-corrected chi connectivity index (χ2v) is 5.45. The third kappa shape index (κ3) is 3.05. The Balaban J connectivity index is 1.73. The maximum Gasteiger partial charge on any atom is 0.417 e. The molecule has 106 valence electrons. The zero-order valence-electron chi connectivity index (χ0n) is 10.9. The number of fused-ring (bicyclic) bond motifs is 1. The number of hydrogen-bond acceptors (Lipinski definition) is 3. The second kappa shape index (κ2) is 5.57. The molecule has 0 unspecified atom stereocenters. The van der Waals surface area contributed by atoms with E-state index in [-0.39, 0.29) is 5.91 Å². The van der Waals surface area contributed by atoms with Crippen molar-refractivity contribution in [2.24, 2.45) is 0 Å². The van der Waals surface area contributed by atoms with Crippen molar-refractivity contribution in [3.8, 4) is 0 Å². The maximum absolute atomic E-state index is 12.0. The highest BCUT2D eigenvalue weighted by Gasteiger charge is 2.07. The molecule has 3 rings (SSSR count).